The van der Waals surface area contributed by atoms with Crippen molar-refractivity contribution in [2.24, 2.45) is 7.05 Å². The molecule has 0 unspecified atom stereocenters. The largest absolute Gasteiger partial charge is 0.371 e. The van der Waals surface area contributed by atoms with Gasteiger partial charge in [-0.15, -0.1) is 0 Å². The van der Waals surface area contributed by atoms with Crippen LogP contribution in [0.4, 0.5) is 5.82 Å². The smallest absolute Gasteiger partial charge is 0.267 e. The number of hydrogen-bond donors (Lipinski definition) is 3. The molecule has 3 rings (SSSR count). The Morgan fingerprint density at radius 2 is 2.30 bits per heavy atom. The van der Waals surface area contributed by atoms with E-state index >= 15 is 0 Å². The maximum Gasteiger partial charge on any atom is 0.267 e. The summed E-state index contributed by atoms with van der Waals surface area (Å²) in [6.45, 7) is 2.47. The molecular formula is C13H16N6O. The van der Waals surface area contributed by atoms with E-state index < -0.39 is 0 Å². The minimum Gasteiger partial charge on any atom is -0.371 e. The van der Waals surface area contributed by atoms with Crippen molar-refractivity contribution in [1.29, 1.82) is 0 Å². The number of anilines is 1. The summed E-state index contributed by atoms with van der Waals surface area (Å²) in [7, 11) is 3.73. The first kappa shape index (κ1) is 12.5. The number of imidazole rings is 1. The van der Waals surface area contributed by atoms with E-state index in [9.17, 15) is 4.79 Å². The van der Waals surface area contributed by atoms with E-state index in [2.05, 4.69) is 25.6 Å². The predicted molar refractivity (Wildman–Crippen MR) is 77.9 cm³/mol. The molecule has 0 saturated carbocycles. The van der Waals surface area contributed by atoms with Crippen LogP contribution >= 0.6 is 0 Å². The number of carbonyl (C=O) groups is 1. The number of nitrogens with one attached hydrogen (secondary N) is 3. The number of aromatic nitrogens is 4. The molecule has 104 valence electrons. The van der Waals surface area contributed by atoms with Gasteiger partial charge in [0.25, 0.3) is 5.91 Å². The Hall–Kier alpha value is -2.57. The van der Waals surface area contributed by atoms with Crippen LogP contribution in [0.15, 0.2) is 12.4 Å². The second-order valence-corrected chi connectivity index (χ2v) is 4.57. The molecule has 3 N–H and O–H groups in total. The predicted octanol–water partition coefficient (Wildman–Crippen LogP) is 1.24. The lowest BCUT2D eigenvalue weighted by Gasteiger charge is -2.02. The highest BCUT2D eigenvalue weighted by atomic mass is 16.1. The summed E-state index contributed by atoms with van der Waals surface area (Å²) in [6, 6.07) is 1.82. The van der Waals surface area contributed by atoms with Crippen molar-refractivity contribution in [3.63, 3.8) is 0 Å². The van der Waals surface area contributed by atoms with Gasteiger partial charge in [0.1, 0.15) is 16.9 Å². The lowest BCUT2D eigenvalue weighted by molar-refractivity contribution is 0.0951. The van der Waals surface area contributed by atoms with E-state index in [1.165, 1.54) is 0 Å². The van der Waals surface area contributed by atoms with Crippen LogP contribution in [0.5, 0.6) is 0 Å². The molecule has 0 aliphatic heterocycles. The van der Waals surface area contributed by atoms with Gasteiger partial charge >= 0.3 is 0 Å². The van der Waals surface area contributed by atoms with Gasteiger partial charge in [0.05, 0.1) is 11.8 Å². The summed E-state index contributed by atoms with van der Waals surface area (Å²) >= 11 is 0. The van der Waals surface area contributed by atoms with Gasteiger partial charge in [-0.2, -0.15) is 0 Å². The van der Waals surface area contributed by atoms with Crippen LogP contribution in [-0.2, 0) is 7.05 Å². The standard InChI is InChI=1S/C13H16N6O/c1-4-15-13(20)8-5-7-10-9(16-6-19(10)3)12(14-2)18-11(7)17-8/h5-6H,4H2,1-3H3,(H,15,20)(H2,14,17,18). The van der Waals surface area contributed by atoms with Gasteiger partial charge in [-0.3, -0.25) is 4.79 Å². The van der Waals surface area contributed by atoms with E-state index in [0.717, 1.165) is 16.4 Å². The molecule has 3 aromatic rings. The van der Waals surface area contributed by atoms with Crippen LogP contribution in [0.2, 0.25) is 0 Å². The third kappa shape index (κ3) is 1.70. The second kappa shape index (κ2) is 4.52. The molecular weight excluding hydrogens is 256 g/mol. The van der Waals surface area contributed by atoms with Gasteiger partial charge in [0, 0.05) is 26.0 Å². The monoisotopic (exact) mass is 272 g/mol. The Balaban J connectivity index is 2.30. The zero-order chi connectivity index (χ0) is 14.3. The second-order valence-electron chi connectivity index (χ2n) is 4.57. The fourth-order valence-corrected chi connectivity index (χ4v) is 2.35. The molecule has 0 aliphatic carbocycles. The number of amides is 1. The number of aryl methyl sites for hydroxylation is 1. The van der Waals surface area contributed by atoms with Crippen molar-refractivity contribution in [2.45, 2.75) is 6.92 Å². The fraction of sp³-hybridized carbons (Fsp3) is 0.308. The number of pyridine rings is 1. The first-order chi connectivity index (χ1) is 9.65. The molecule has 1 amide bonds. The quantitative estimate of drug-likeness (QED) is 0.669. The van der Waals surface area contributed by atoms with Gasteiger partial charge in [0.15, 0.2) is 5.82 Å². The first-order valence-electron chi connectivity index (χ1n) is 6.45. The van der Waals surface area contributed by atoms with Crippen molar-refractivity contribution in [1.82, 2.24) is 24.8 Å². The summed E-state index contributed by atoms with van der Waals surface area (Å²) in [5.41, 5.74) is 2.92. The van der Waals surface area contributed by atoms with E-state index in [1.54, 1.807) is 13.4 Å². The molecule has 0 aliphatic rings. The van der Waals surface area contributed by atoms with E-state index in [0.29, 0.717) is 23.7 Å². The minimum absolute atomic E-state index is 0.133. The maximum atomic E-state index is 11.9. The zero-order valence-corrected chi connectivity index (χ0v) is 11.6. The molecule has 0 bridgehead atoms. The SMILES string of the molecule is CCNC(=O)c1cc2c(nc(NC)c3ncn(C)c32)[nH]1. The van der Waals surface area contributed by atoms with E-state index in [4.69, 9.17) is 0 Å². The molecule has 0 spiro atoms. The number of rotatable bonds is 3. The first-order valence-corrected chi connectivity index (χ1v) is 6.45. The Kier molecular flexibility index (Phi) is 2.81. The summed E-state index contributed by atoms with van der Waals surface area (Å²) in [5.74, 6) is 0.559. The van der Waals surface area contributed by atoms with Crippen LogP contribution in [0.3, 0.4) is 0 Å². The molecule has 7 nitrogen and oxygen atoms in total. The highest BCUT2D eigenvalue weighted by Gasteiger charge is 2.16. The summed E-state index contributed by atoms with van der Waals surface area (Å²) in [6.07, 6.45) is 1.74. The zero-order valence-electron chi connectivity index (χ0n) is 11.6. The highest BCUT2D eigenvalue weighted by Crippen LogP contribution is 2.28. The Morgan fingerprint density at radius 1 is 1.50 bits per heavy atom. The van der Waals surface area contributed by atoms with Crippen LogP contribution < -0.4 is 10.6 Å². The van der Waals surface area contributed by atoms with Crippen LogP contribution in [-0.4, -0.2) is 39.0 Å². The number of carbonyl (C=O) groups excluding carboxylic acids is 1. The normalized spacial score (nSPS) is 11.2. The van der Waals surface area contributed by atoms with Gasteiger partial charge in [-0.1, -0.05) is 0 Å². The molecule has 0 aromatic carbocycles. The lowest BCUT2D eigenvalue weighted by atomic mass is 10.2. The van der Waals surface area contributed by atoms with Crippen molar-refractivity contribution < 1.29 is 4.79 Å². The maximum absolute atomic E-state index is 11.9. The van der Waals surface area contributed by atoms with Crippen molar-refractivity contribution in [2.75, 3.05) is 18.9 Å². The Labute approximate surface area is 115 Å². The lowest BCUT2D eigenvalue weighted by Crippen LogP contribution is -2.22. The fourth-order valence-electron chi connectivity index (χ4n) is 2.35. The van der Waals surface area contributed by atoms with Crippen molar-refractivity contribution >= 4 is 33.8 Å². The third-order valence-electron chi connectivity index (χ3n) is 3.26. The van der Waals surface area contributed by atoms with Gasteiger partial charge < -0.3 is 20.2 Å². The summed E-state index contributed by atoms with van der Waals surface area (Å²) < 4.78 is 1.93. The highest BCUT2D eigenvalue weighted by molar-refractivity contribution is 6.09. The molecule has 3 aromatic heterocycles. The van der Waals surface area contributed by atoms with Crippen LogP contribution in [0.25, 0.3) is 22.1 Å². The number of aromatic amines is 1. The van der Waals surface area contributed by atoms with Gasteiger partial charge in [-0.25, -0.2) is 9.97 Å². The Morgan fingerprint density at radius 3 is 3.00 bits per heavy atom. The van der Waals surface area contributed by atoms with Crippen molar-refractivity contribution in [3.8, 4) is 0 Å². The third-order valence-corrected chi connectivity index (χ3v) is 3.26. The summed E-state index contributed by atoms with van der Waals surface area (Å²) in [4.78, 5) is 23.8. The van der Waals surface area contributed by atoms with Crippen molar-refractivity contribution in [3.05, 3.63) is 18.1 Å². The topological polar surface area (TPSA) is 87.6 Å². The molecule has 7 heteroatoms. The number of nitrogens with zero attached hydrogens (tertiary/aromatic N) is 3. The summed E-state index contributed by atoms with van der Waals surface area (Å²) in [5, 5.41) is 6.69. The molecule has 0 atom stereocenters. The van der Waals surface area contributed by atoms with E-state index in [-0.39, 0.29) is 5.91 Å². The van der Waals surface area contributed by atoms with Crippen LogP contribution in [0.1, 0.15) is 17.4 Å². The molecule has 0 saturated heterocycles. The molecule has 0 fully saturated rings. The van der Waals surface area contributed by atoms with Gasteiger partial charge in [0.2, 0.25) is 0 Å². The van der Waals surface area contributed by atoms with E-state index in [1.807, 2.05) is 24.6 Å². The Bertz CT molecular complexity index is 800. The average Bonchev–Trinajstić information content (AvgIpc) is 3.01. The number of H-pyrrole nitrogens is 1. The number of hydrogen-bond acceptors (Lipinski definition) is 4. The number of fused-ring (bicyclic) bond motifs is 3. The molecule has 0 radical (unpaired) electrons. The molecule has 3 heterocycles. The van der Waals surface area contributed by atoms with Crippen LogP contribution in [0, 0.1) is 0 Å². The van der Waals surface area contributed by atoms with Gasteiger partial charge in [-0.05, 0) is 13.0 Å². The average molecular weight is 272 g/mol. The minimum atomic E-state index is -0.133. The molecule has 20 heavy (non-hydrogen) atoms.